The van der Waals surface area contributed by atoms with Gasteiger partial charge in [0.1, 0.15) is 0 Å². The lowest BCUT2D eigenvalue weighted by Gasteiger charge is -2.30. The zero-order chi connectivity index (χ0) is 10.7. The summed E-state index contributed by atoms with van der Waals surface area (Å²) >= 11 is 0. The average molecular weight is 204 g/mol. The first-order valence-electron chi connectivity index (χ1n) is 5.92. The molecule has 0 bridgehead atoms. The van der Waals surface area contributed by atoms with Crippen LogP contribution >= 0.6 is 0 Å². The lowest BCUT2D eigenvalue weighted by Crippen LogP contribution is -2.28. The third kappa shape index (κ3) is 2.15. The first-order valence-corrected chi connectivity index (χ1v) is 5.92. The number of aryl methyl sites for hydroxylation is 1. The Morgan fingerprint density at radius 1 is 1.40 bits per heavy atom. The van der Waals surface area contributed by atoms with Crippen molar-refractivity contribution in [3.8, 4) is 0 Å². The molecule has 0 fully saturated rings. The molecule has 2 nitrogen and oxygen atoms in total. The lowest BCUT2D eigenvalue weighted by molar-refractivity contribution is 0.706. The molecule has 1 aromatic rings. The van der Waals surface area contributed by atoms with Crippen molar-refractivity contribution in [3.05, 3.63) is 29.3 Å². The van der Waals surface area contributed by atoms with E-state index in [0.29, 0.717) is 0 Å². The molecule has 15 heavy (non-hydrogen) atoms. The number of nitrogens with zero attached hydrogens (tertiary/aromatic N) is 1. The van der Waals surface area contributed by atoms with Gasteiger partial charge in [-0.25, -0.2) is 0 Å². The second-order valence-electron chi connectivity index (χ2n) is 4.18. The van der Waals surface area contributed by atoms with E-state index in [-0.39, 0.29) is 0 Å². The largest absolute Gasteiger partial charge is 0.372 e. The minimum atomic E-state index is 0.746. The van der Waals surface area contributed by atoms with Crippen LogP contribution < -0.4 is 10.6 Å². The fourth-order valence-electron chi connectivity index (χ4n) is 2.38. The highest BCUT2D eigenvalue weighted by molar-refractivity contribution is 5.56. The van der Waals surface area contributed by atoms with Crippen LogP contribution in [0.2, 0.25) is 0 Å². The van der Waals surface area contributed by atoms with E-state index in [0.717, 1.165) is 19.5 Å². The van der Waals surface area contributed by atoms with Gasteiger partial charge in [-0.05, 0) is 49.9 Å². The third-order valence-electron chi connectivity index (χ3n) is 3.17. The molecule has 2 N–H and O–H groups in total. The number of benzene rings is 1. The quantitative estimate of drug-likeness (QED) is 0.815. The van der Waals surface area contributed by atoms with Crippen molar-refractivity contribution in [2.75, 3.05) is 24.5 Å². The summed E-state index contributed by atoms with van der Waals surface area (Å²) in [4.78, 5) is 2.46. The van der Waals surface area contributed by atoms with Crippen molar-refractivity contribution in [1.29, 1.82) is 0 Å². The van der Waals surface area contributed by atoms with Gasteiger partial charge in [0.15, 0.2) is 0 Å². The predicted octanol–water partition coefficient (Wildman–Crippen LogP) is 1.96. The molecule has 0 radical (unpaired) electrons. The highest BCUT2D eigenvalue weighted by Crippen LogP contribution is 2.27. The Bertz CT molecular complexity index is 333. The highest BCUT2D eigenvalue weighted by atomic mass is 15.1. The van der Waals surface area contributed by atoms with E-state index in [9.17, 15) is 0 Å². The monoisotopic (exact) mass is 204 g/mol. The summed E-state index contributed by atoms with van der Waals surface area (Å²) in [6.45, 7) is 5.29. The number of fused-ring (bicyclic) bond motifs is 1. The van der Waals surface area contributed by atoms with Crippen LogP contribution in [0.4, 0.5) is 5.69 Å². The van der Waals surface area contributed by atoms with E-state index >= 15 is 0 Å². The predicted molar refractivity (Wildman–Crippen MR) is 65.4 cm³/mol. The second-order valence-corrected chi connectivity index (χ2v) is 4.18. The fourth-order valence-corrected chi connectivity index (χ4v) is 2.38. The summed E-state index contributed by atoms with van der Waals surface area (Å²) in [5, 5.41) is 0. The lowest BCUT2D eigenvalue weighted by atomic mass is 9.98. The summed E-state index contributed by atoms with van der Waals surface area (Å²) < 4.78 is 0. The Balaban J connectivity index is 2.27. The first-order chi connectivity index (χ1) is 7.35. The van der Waals surface area contributed by atoms with E-state index in [4.69, 9.17) is 5.73 Å². The van der Waals surface area contributed by atoms with Gasteiger partial charge < -0.3 is 10.6 Å². The van der Waals surface area contributed by atoms with Crippen LogP contribution in [-0.2, 0) is 12.8 Å². The van der Waals surface area contributed by atoms with E-state index in [1.165, 1.54) is 36.2 Å². The van der Waals surface area contributed by atoms with E-state index in [2.05, 4.69) is 30.0 Å². The van der Waals surface area contributed by atoms with Gasteiger partial charge >= 0.3 is 0 Å². The maximum Gasteiger partial charge on any atom is 0.0398 e. The third-order valence-corrected chi connectivity index (χ3v) is 3.17. The van der Waals surface area contributed by atoms with Gasteiger partial charge in [0.05, 0.1) is 0 Å². The topological polar surface area (TPSA) is 29.3 Å². The van der Waals surface area contributed by atoms with Crippen molar-refractivity contribution < 1.29 is 0 Å². The Hall–Kier alpha value is -1.02. The minimum Gasteiger partial charge on any atom is -0.372 e. The molecule has 0 saturated carbocycles. The van der Waals surface area contributed by atoms with Gasteiger partial charge in [0.2, 0.25) is 0 Å². The van der Waals surface area contributed by atoms with Crippen LogP contribution in [0.5, 0.6) is 0 Å². The van der Waals surface area contributed by atoms with Gasteiger partial charge in [-0.3, -0.25) is 0 Å². The molecule has 1 aliphatic heterocycles. The van der Waals surface area contributed by atoms with Gasteiger partial charge in [0.25, 0.3) is 0 Å². The maximum absolute atomic E-state index is 5.58. The number of hydrogen-bond donors (Lipinski definition) is 1. The van der Waals surface area contributed by atoms with Crippen molar-refractivity contribution in [2.45, 2.75) is 26.2 Å². The Kier molecular flexibility index (Phi) is 3.27. The van der Waals surface area contributed by atoms with Gasteiger partial charge in [-0.15, -0.1) is 0 Å². The molecular weight excluding hydrogens is 184 g/mol. The van der Waals surface area contributed by atoms with Crippen molar-refractivity contribution in [1.82, 2.24) is 0 Å². The normalized spacial score (nSPS) is 15.2. The summed E-state index contributed by atoms with van der Waals surface area (Å²) in [6.07, 6.45) is 3.51. The summed E-state index contributed by atoms with van der Waals surface area (Å²) in [7, 11) is 0. The molecule has 0 spiro atoms. The summed E-state index contributed by atoms with van der Waals surface area (Å²) in [5.41, 5.74) is 9.91. The van der Waals surface area contributed by atoms with Crippen molar-refractivity contribution in [3.63, 3.8) is 0 Å². The zero-order valence-corrected chi connectivity index (χ0v) is 9.50. The van der Waals surface area contributed by atoms with E-state index in [1.54, 1.807) is 0 Å². The maximum atomic E-state index is 5.58. The molecule has 0 aromatic heterocycles. The van der Waals surface area contributed by atoms with E-state index in [1.807, 2.05) is 0 Å². The van der Waals surface area contributed by atoms with Gasteiger partial charge in [0, 0.05) is 18.8 Å². The average Bonchev–Trinajstić information content (AvgIpc) is 2.28. The van der Waals surface area contributed by atoms with Crippen LogP contribution in [0.1, 0.15) is 24.5 Å². The molecule has 0 amide bonds. The SMILES string of the molecule is CCN1CCCc2cc(CCN)ccc21. The van der Waals surface area contributed by atoms with Crippen LogP contribution in [0.25, 0.3) is 0 Å². The van der Waals surface area contributed by atoms with Crippen molar-refractivity contribution >= 4 is 5.69 Å². The Labute approximate surface area is 92.1 Å². The molecule has 2 heteroatoms. The molecular formula is C13H20N2. The fraction of sp³-hybridized carbons (Fsp3) is 0.538. The Morgan fingerprint density at radius 3 is 3.00 bits per heavy atom. The molecule has 0 aliphatic carbocycles. The van der Waals surface area contributed by atoms with Gasteiger partial charge in [-0.2, -0.15) is 0 Å². The smallest absolute Gasteiger partial charge is 0.0398 e. The first kappa shape index (κ1) is 10.5. The van der Waals surface area contributed by atoms with Crippen LogP contribution in [0, 0.1) is 0 Å². The molecule has 1 aromatic carbocycles. The minimum absolute atomic E-state index is 0.746. The Morgan fingerprint density at radius 2 is 2.27 bits per heavy atom. The summed E-state index contributed by atoms with van der Waals surface area (Å²) in [5.74, 6) is 0. The van der Waals surface area contributed by atoms with E-state index < -0.39 is 0 Å². The second kappa shape index (κ2) is 4.67. The molecule has 0 saturated heterocycles. The molecule has 0 atom stereocenters. The molecule has 1 aliphatic rings. The number of hydrogen-bond acceptors (Lipinski definition) is 2. The molecule has 2 rings (SSSR count). The van der Waals surface area contributed by atoms with Gasteiger partial charge in [-0.1, -0.05) is 12.1 Å². The molecule has 82 valence electrons. The van der Waals surface area contributed by atoms with Crippen LogP contribution in [0.3, 0.4) is 0 Å². The summed E-state index contributed by atoms with van der Waals surface area (Å²) in [6, 6.07) is 6.83. The molecule has 0 unspecified atom stereocenters. The standard InChI is InChI=1S/C13H20N2/c1-2-15-9-3-4-12-10-11(7-8-14)5-6-13(12)15/h5-6,10H,2-4,7-9,14H2,1H3. The number of nitrogens with two attached hydrogens (primary N) is 1. The highest BCUT2D eigenvalue weighted by Gasteiger charge is 2.15. The van der Waals surface area contributed by atoms with Crippen molar-refractivity contribution in [2.24, 2.45) is 5.73 Å². The molecule has 1 heterocycles. The van der Waals surface area contributed by atoms with Crippen LogP contribution in [0.15, 0.2) is 18.2 Å². The van der Waals surface area contributed by atoms with Crippen LogP contribution in [-0.4, -0.2) is 19.6 Å². The number of anilines is 1. The number of rotatable bonds is 3. The zero-order valence-electron chi connectivity index (χ0n) is 9.50.